The lowest BCUT2D eigenvalue weighted by Gasteiger charge is -2.21. The Morgan fingerprint density at radius 2 is 1.82 bits per heavy atom. The van der Waals surface area contributed by atoms with Crippen molar-refractivity contribution in [2.75, 3.05) is 13.1 Å². The van der Waals surface area contributed by atoms with E-state index in [1.54, 1.807) is 12.4 Å². The molecule has 0 radical (unpaired) electrons. The third kappa shape index (κ3) is 5.30. The van der Waals surface area contributed by atoms with E-state index in [1.165, 1.54) is 11.1 Å². The Morgan fingerprint density at radius 1 is 1.09 bits per heavy atom. The van der Waals surface area contributed by atoms with E-state index >= 15 is 0 Å². The maximum atomic E-state index is 12.3. The maximum Gasteiger partial charge on any atom is 0.224 e. The first-order valence-corrected chi connectivity index (χ1v) is 7.71. The number of rotatable bonds is 8. The summed E-state index contributed by atoms with van der Waals surface area (Å²) < 4.78 is 0. The highest BCUT2D eigenvalue weighted by Gasteiger charge is 2.11. The molecule has 1 N–H and O–H groups in total. The Kier molecular flexibility index (Phi) is 6.58. The predicted molar refractivity (Wildman–Crippen MR) is 88.1 cm³/mol. The van der Waals surface area contributed by atoms with Crippen molar-refractivity contribution in [3.8, 4) is 0 Å². The van der Waals surface area contributed by atoms with Crippen LogP contribution < -0.4 is 5.32 Å². The molecule has 4 heteroatoms. The van der Waals surface area contributed by atoms with Crippen LogP contribution in [0.15, 0.2) is 54.9 Å². The maximum absolute atomic E-state index is 12.3. The summed E-state index contributed by atoms with van der Waals surface area (Å²) in [6.45, 7) is 4.89. The van der Waals surface area contributed by atoms with Gasteiger partial charge in [0.2, 0.25) is 5.91 Å². The van der Waals surface area contributed by atoms with Crippen LogP contribution in [0.4, 0.5) is 0 Å². The van der Waals surface area contributed by atoms with Gasteiger partial charge in [-0.05, 0) is 30.2 Å². The van der Waals surface area contributed by atoms with Gasteiger partial charge in [-0.15, -0.1) is 0 Å². The van der Waals surface area contributed by atoms with Gasteiger partial charge in [-0.2, -0.15) is 0 Å². The summed E-state index contributed by atoms with van der Waals surface area (Å²) in [7, 11) is 0. The van der Waals surface area contributed by atoms with E-state index in [2.05, 4.69) is 22.4 Å². The first-order chi connectivity index (χ1) is 10.8. The van der Waals surface area contributed by atoms with E-state index in [0.29, 0.717) is 19.5 Å². The standard InChI is InChI=1S/C18H23N3O/c1-2-21(15-17-6-4-3-5-7-17)18(22)10-13-20-14-16-8-11-19-12-9-16/h3-9,11-12,20H,2,10,13-15H2,1H3. The molecule has 1 aromatic carbocycles. The van der Waals surface area contributed by atoms with Crippen molar-refractivity contribution in [3.63, 3.8) is 0 Å². The molecule has 0 fully saturated rings. The summed E-state index contributed by atoms with van der Waals surface area (Å²) in [6.07, 6.45) is 4.08. The molecule has 0 spiro atoms. The number of pyridine rings is 1. The van der Waals surface area contributed by atoms with Gasteiger partial charge in [0, 0.05) is 45.0 Å². The quantitative estimate of drug-likeness (QED) is 0.762. The Bertz CT molecular complexity index is 557. The Labute approximate surface area is 132 Å². The van der Waals surface area contributed by atoms with Gasteiger partial charge in [-0.1, -0.05) is 30.3 Å². The molecule has 1 aromatic heterocycles. The molecule has 2 rings (SSSR count). The Morgan fingerprint density at radius 3 is 2.50 bits per heavy atom. The molecule has 0 saturated carbocycles. The minimum Gasteiger partial charge on any atom is -0.339 e. The van der Waals surface area contributed by atoms with Crippen molar-refractivity contribution in [3.05, 3.63) is 66.0 Å². The summed E-state index contributed by atoms with van der Waals surface area (Å²) in [5, 5.41) is 3.30. The zero-order chi connectivity index (χ0) is 15.6. The van der Waals surface area contributed by atoms with Gasteiger partial charge >= 0.3 is 0 Å². The van der Waals surface area contributed by atoms with Crippen molar-refractivity contribution in [1.82, 2.24) is 15.2 Å². The van der Waals surface area contributed by atoms with E-state index in [0.717, 1.165) is 13.1 Å². The first-order valence-electron chi connectivity index (χ1n) is 7.71. The first kappa shape index (κ1) is 16.2. The van der Waals surface area contributed by atoms with Crippen LogP contribution in [0.25, 0.3) is 0 Å². The highest BCUT2D eigenvalue weighted by atomic mass is 16.2. The van der Waals surface area contributed by atoms with Crippen LogP contribution in [0, 0.1) is 0 Å². The van der Waals surface area contributed by atoms with Crippen LogP contribution in [-0.2, 0) is 17.9 Å². The number of benzene rings is 1. The van der Waals surface area contributed by atoms with Gasteiger partial charge in [0.1, 0.15) is 0 Å². The highest BCUT2D eigenvalue weighted by molar-refractivity contribution is 5.76. The average molecular weight is 297 g/mol. The van der Waals surface area contributed by atoms with Crippen LogP contribution in [-0.4, -0.2) is 28.9 Å². The second-order valence-electron chi connectivity index (χ2n) is 5.18. The molecule has 0 aliphatic heterocycles. The van der Waals surface area contributed by atoms with Crippen LogP contribution >= 0.6 is 0 Å². The topological polar surface area (TPSA) is 45.2 Å². The molecule has 0 unspecified atom stereocenters. The number of aromatic nitrogens is 1. The monoisotopic (exact) mass is 297 g/mol. The zero-order valence-electron chi connectivity index (χ0n) is 13.0. The fourth-order valence-corrected chi connectivity index (χ4v) is 2.27. The summed E-state index contributed by atoms with van der Waals surface area (Å²) in [5.41, 5.74) is 2.35. The lowest BCUT2D eigenvalue weighted by Crippen LogP contribution is -2.32. The smallest absolute Gasteiger partial charge is 0.224 e. The summed E-state index contributed by atoms with van der Waals surface area (Å²) in [6, 6.07) is 14.1. The van der Waals surface area contributed by atoms with Gasteiger partial charge < -0.3 is 10.2 Å². The average Bonchev–Trinajstić information content (AvgIpc) is 2.58. The van der Waals surface area contributed by atoms with Gasteiger partial charge in [0.15, 0.2) is 0 Å². The molecule has 116 valence electrons. The zero-order valence-corrected chi connectivity index (χ0v) is 13.0. The van der Waals surface area contributed by atoms with Crippen molar-refractivity contribution >= 4 is 5.91 Å². The number of carbonyl (C=O) groups excluding carboxylic acids is 1. The van der Waals surface area contributed by atoms with E-state index < -0.39 is 0 Å². The predicted octanol–water partition coefficient (Wildman–Crippen LogP) is 2.61. The van der Waals surface area contributed by atoms with Crippen LogP contribution in [0.3, 0.4) is 0 Å². The lowest BCUT2D eigenvalue weighted by molar-refractivity contribution is -0.131. The van der Waals surface area contributed by atoms with Gasteiger partial charge in [-0.25, -0.2) is 0 Å². The lowest BCUT2D eigenvalue weighted by atomic mass is 10.2. The third-order valence-electron chi connectivity index (χ3n) is 3.54. The molecule has 0 aliphatic rings. The second-order valence-corrected chi connectivity index (χ2v) is 5.18. The molecule has 1 amide bonds. The normalized spacial score (nSPS) is 10.4. The summed E-state index contributed by atoms with van der Waals surface area (Å²) in [4.78, 5) is 18.1. The fourth-order valence-electron chi connectivity index (χ4n) is 2.27. The number of amides is 1. The second kappa shape index (κ2) is 8.95. The Hall–Kier alpha value is -2.20. The van der Waals surface area contributed by atoms with Crippen LogP contribution in [0.1, 0.15) is 24.5 Å². The largest absolute Gasteiger partial charge is 0.339 e. The fraction of sp³-hybridized carbons (Fsp3) is 0.333. The molecular weight excluding hydrogens is 274 g/mol. The molecule has 0 atom stereocenters. The van der Waals surface area contributed by atoms with E-state index in [9.17, 15) is 4.79 Å². The summed E-state index contributed by atoms with van der Waals surface area (Å²) >= 11 is 0. The van der Waals surface area contributed by atoms with Gasteiger partial charge in [-0.3, -0.25) is 9.78 Å². The number of carbonyl (C=O) groups is 1. The van der Waals surface area contributed by atoms with Crippen LogP contribution in [0.2, 0.25) is 0 Å². The molecule has 22 heavy (non-hydrogen) atoms. The van der Waals surface area contributed by atoms with Crippen LogP contribution in [0.5, 0.6) is 0 Å². The highest BCUT2D eigenvalue weighted by Crippen LogP contribution is 2.05. The number of hydrogen-bond acceptors (Lipinski definition) is 3. The third-order valence-corrected chi connectivity index (χ3v) is 3.54. The number of nitrogens with one attached hydrogen (secondary N) is 1. The van der Waals surface area contributed by atoms with Crippen molar-refractivity contribution < 1.29 is 4.79 Å². The van der Waals surface area contributed by atoms with E-state index in [-0.39, 0.29) is 5.91 Å². The molecule has 2 aromatic rings. The van der Waals surface area contributed by atoms with Crippen molar-refractivity contribution in [2.45, 2.75) is 26.4 Å². The number of nitrogens with zero attached hydrogens (tertiary/aromatic N) is 2. The molecule has 4 nitrogen and oxygen atoms in total. The molecule has 0 bridgehead atoms. The molecule has 0 saturated heterocycles. The van der Waals surface area contributed by atoms with E-state index in [1.807, 2.05) is 42.2 Å². The SMILES string of the molecule is CCN(Cc1ccccc1)C(=O)CCNCc1ccncc1. The minimum absolute atomic E-state index is 0.189. The van der Waals surface area contributed by atoms with Gasteiger partial charge in [0.05, 0.1) is 0 Å². The number of hydrogen-bond donors (Lipinski definition) is 1. The minimum atomic E-state index is 0.189. The molecular formula is C18H23N3O. The Balaban J connectivity index is 1.73. The van der Waals surface area contributed by atoms with Crippen molar-refractivity contribution in [1.29, 1.82) is 0 Å². The molecule has 0 aliphatic carbocycles. The van der Waals surface area contributed by atoms with E-state index in [4.69, 9.17) is 0 Å². The molecule has 1 heterocycles. The summed E-state index contributed by atoms with van der Waals surface area (Å²) in [5.74, 6) is 0.189. The van der Waals surface area contributed by atoms with Crippen molar-refractivity contribution in [2.24, 2.45) is 0 Å². The van der Waals surface area contributed by atoms with Gasteiger partial charge in [0.25, 0.3) is 0 Å².